The highest BCUT2D eigenvalue weighted by molar-refractivity contribution is 5.98. The summed E-state index contributed by atoms with van der Waals surface area (Å²) < 4.78 is 7.61. The van der Waals surface area contributed by atoms with E-state index in [-0.39, 0.29) is 18.1 Å². The van der Waals surface area contributed by atoms with Gasteiger partial charge in [-0.2, -0.15) is 5.10 Å². The van der Waals surface area contributed by atoms with Gasteiger partial charge >= 0.3 is 0 Å². The van der Waals surface area contributed by atoms with Crippen LogP contribution in [0.4, 0.5) is 5.69 Å². The molecule has 0 aliphatic carbocycles. The Hall–Kier alpha value is -2.25. The number of carbonyl (C=O) groups is 1. The van der Waals surface area contributed by atoms with Crippen molar-refractivity contribution in [3.63, 3.8) is 0 Å². The molecule has 1 amide bonds. The molecule has 2 atom stereocenters. The Kier molecular flexibility index (Phi) is 4.50. The fourth-order valence-corrected chi connectivity index (χ4v) is 3.69. The number of rotatable bonds is 4. The number of nitrogens with zero attached hydrogens (tertiary/aromatic N) is 5. The van der Waals surface area contributed by atoms with Crippen LogP contribution < -0.4 is 4.90 Å². The molecule has 0 radical (unpaired) electrons. The van der Waals surface area contributed by atoms with Gasteiger partial charge in [-0.05, 0) is 25.0 Å². The number of carbonyl (C=O) groups excluding carboxylic acids is 1. The van der Waals surface area contributed by atoms with Crippen molar-refractivity contribution >= 4 is 11.6 Å². The van der Waals surface area contributed by atoms with Crippen LogP contribution in [0.15, 0.2) is 36.9 Å². The van der Waals surface area contributed by atoms with Crippen LogP contribution in [0.2, 0.25) is 0 Å². The number of fused-ring (bicyclic) bond motifs is 1. The first-order valence-corrected chi connectivity index (χ1v) is 8.80. The van der Waals surface area contributed by atoms with Gasteiger partial charge in [0.25, 0.3) is 0 Å². The standard InChI is InChI=1S/C18H23N5O2/c1-14(18(24)23-7-6-15-4-2-3-5-17(15)23)21-8-9-25-16(10-21)11-22-13-19-12-20-22/h2-5,12-14,16H,6-11H2,1H3. The molecule has 2 aliphatic rings. The predicted molar refractivity (Wildman–Crippen MR) is 93.3 cm³/mol. The van der Waals surface area contributed by atoms with Crippen LogP contribution >= 0.6 is 0 Å². The SMILES string of the molecule is CC(C(=O)N1CCc2ccccc21)N1CCOC(Cn2cncn2)C1. The van der Waals surface area contributed by atoms with Gasteiger partial charge in [-0.1, -0.05) is 18.2 Å². The number of ether oxygens (including phenoxy) is 1. The maximum Gasteiger partial charge on any atom is 0.244 e. The summed E-state index contributed by atoms with van der Waals surface area (Å²) >= 11 is 0. The van der Waals surface area contributed by atoms with E-state index < -0.39 is 0 Å². The third-order valence-corrected chi connectivity index (χ3v) is 5.09. The third-order valence-electron chi connectivity index (χ3n) is 5.09. The van der Waals surface area contributed by atoms with E-state index in [2.05, 4.69) is 21.0 Å². The summed E-state index contributed by atoms with van der Waals surface area (Å²) in [6.45, 7) is 5.56. The quantitative estimate of drug-likeness (QED) is 0.829. The van der Waals surface area contributed by atoms with Crippen molar-refractivity contribution in [2.75, 3.05) is 31.1 Å². The number of anilines is 1. The van der Waals surface area contributed by atoms with Gasteiger partial charge in [-0.15, -0.1) is 0 Å². The van der Waals surface area contributed by atoms with Crippen molar-refractivity contribution in [2.45, 2.75) is 32.0 Å². The number of para-hydroxylation sites is 1. The first kappa shape index (κ1) is 16.2. The van der Waals surface area contributed by atoms with Crippen LogP contribution in [-0.2, 0) is 22.5 Å². The van der Waals surface area contributed by atoms with Crippen molar-refractivity contribution in [1.82, 2.24) is 19.7 Å². The number of hydrogen-bond donors (Lipinski definition) is 0. The smallest absolute Gasteiger partial charge is 0.244 e. The van der Waals surface area contributed by atoms with Gasteiger partial charge in [0.05, 0.1) is 25.3 Å². The molecule has 0 spiro atoms. The number of benzene rings is 1. The first-order valence-electron chi connectivity index (χ1n) is 8.80. The van der Waals surface area contributed by atoms with E-state index in [4.69, 9.17) is 4.74 Å². The summed E-state index contributed by atoms with van der Waals surface area (Å²) in [5, 5.41) is 4.14. The highest BCUT2D eigenvalue weighted by Gasteiger charge is 2.33. The van der Waals surface area contributed by atoms with Crippen molar-refractivity contribution in [2.24, 2.45) is 0 Å². The molecule has 0 N–H and O–H groups in total. The van der Waals surface area contributed by atoms with Gasteiger partial charge in [0, 0.05) is 25.3 Å². The summed E-state index contributed by atoms with van der Waals surface area (Å²) in [5.41, 5.74) is 2.32. The van der Waals surface area contributed by atoms with Crippen molar-refractivity contribution in [3.05, 3.63) is 42.5 Å². The topological polar surface area (TPSA) is 63.5 Å². The van der Waals surface area contributed by atoms with E-state index in [1.807, 2.05) is 30.0 Å². The molecule has 0 saturated carbocycles. The van der Waals surface area contributed by atoms with Gasteiger partial charge in [-0.3, -0.25) is 14.4 Å². The zero-order chi connectivity index (χ0) is 17.2. The second-order valence-electron chi connectivity index (χ2n) is 6.65. The highest BCUT2D eigenvalue weighted by atomic mass is 16.5. The largest absolute Gasteiger partial charge is 0.374 e. The molecule has 4 rings (SSSR count). The molecular weight excluding hydrogens is 318 g/mol. The molecule has 7 heteroatoms. The lowest BCUT2D eigenvalue weighted by molar-refractivity contribution is -0.126. The second-order valence-corrected chi connectivity index (χ2v) is 6.65. The van der Waals surface area contributed by atoms with Gasteiger partial charge in [0.2, 0.25) is 5.91 Å². The van der Waals surface area contributed by atoms with E-state index >= 15 is 0 Å². The van der Waals surface area contributed by atoms with Gasteiger partial charge < -0.3 is 9.64 Å². The Morgan fingerprint density at radius 1 is 1.36 bits per heavy atom. The summed E-state index contributed by atoms with van der Waals surface area (Å²) in [6.07, 6.45) is 4.18. The highest BCUT2D eigenvalue weighted by Crippen LogP contribution is 2.28. The lowest BCUT2D eigenvalue weighted by Gasteiger charge is -2.37. The molecule has 1 saturated heterocycles. The molecule has 1 fully saturated rings. The van der Waals surface area contributed by atoms with E-state index in [1.54, 1.807) is 11.0 Å². The summed E-state index contributed by atoms with van der Waals surface area (Å²) in [5.74, 6) is 0.173. The molecule has 0 bridgehead atoms. The van der Waals surface area contributed by atoms with Crippen LogP contribution in [0.5, 0.6) is 0 Å². The molecule has 132 valence electrons. The molecule has 2 aliphatic heterocycles. The average Bonchev–Trinajstić information content (AvgIpc) is 3.30. The van der Waals surface area contributed by atoms with Crippen LogP contribution in [0.25, 0.3) is 0 Å². The lowest BCUT2D eigenvalue weighted by Crippen LogP contribution is -2.53. The van der Waals surface area contributed by atoms with Crippen molar-refractivity contribution in [3.8, 4) is 0 Å². The van der Waals surface area contributed by atoms with Crippen LogP contribution in [0.3, 0.4) is 0 Å². The average molecular weight is 341 g/mol. The predicted octanol–water partition coefficient (Wildman–Crippen LogP) is 0.957. The minimum Gasteiger partial charge on any atom is -0.374 e. The normalized spacial score (nSPS) is 22.0. The monoisotopic (exact) mass is 341 g/mol. The van der Waals surface area contributed by atoms with E-state index in [0.29, 0.717) is 13.2 Å². The Labute approximate surface area is 147 Å². The molecule has 1 aromatic heterocycles. The fourth-order valence-electron chi connectivity index (χ4n) is 3.69. The summed E-state index contributed by atoms with van der Waals surface area (Å²) in [6, 6.07) is 8.02. The Balaban J connectivity index is 1.42. The van der Waals surface area contributed by atoms with Gasteiger partial charge in [-0.25, -0.2) is 4.98 Å². The minimum atomic E-state index is -0.159. The first-order chi connectivity index (χ1) is 12.2. The van der Waals surface area contributed by atoms with E-state index in [0.717, 1.165) is 31.7 Å². The van der Waals surface area contributed by atoms with E-state index in [1.165, 1.54) is 11.9 Å². The second kappa shape index (κ2) is 6.93. The molecule has 2 unspecified atom stereocenters. The molecule has 7 nitrogen and oxygen atoms in total. The molecular formula is C18H23N5O2. The number of aromatic nitrogens is 3. The van der Waals surface area contributed by atoms with Crippen LogP contribution in [-0.4, -0.2) is 64.0 Å². The summed E-state index contributed by atoms with van der Waals surface area (Å²) in [4.78, 5) is 21.2. The summed E-state index contributed by atoms with van der Waals surface area (Å²) in [7, 11) is 0. The minimum absolute atomic E-state index is 0.0246. The molecule has 2 aromatic rings. The van der Waals surface area contributed by atoms with Crippen molar-refractivity contribution < 1.29 is 9.53 Å². The third kappa shape index (κ3) is 3.29. The zero-order valence-corrected chi connectivity index (χ0v) is 14.4. The van der Waals surface area contributed by atoms with E-state index in [9.17, 15) is 4.79 Å². The van der Waals surface area contributed by atoms with Gasteiger partial charge in [0.15, 0.2) is 0 Å². The molecule has 25 heavy (non-hydrogen) atoms. The van der Waals surface area contributed by atoms with Gasteiger partial charge in [0.1, 0.15) is 12.7 Å². The lowest BCUT2D eigenvalue weighted by atomic mass is 10.1. The molecule has 1 aromatic carbocycles. The van der Waals surface area contributed by atoms with Crippen molar-refractivity contribution in [1.29, 1.82) is 0 Å². The zero-order valence-electron chi connectivity index (χ0n) is 14.4. The van der Waals surface area contributed by atoms with Crippen LogP contribution in [0, 0.1) is 0 Å². The Morgan fingerprint density at radius 3 is 3.08 bits per heavy atom. The number of amides is 1. The Bertz CT molecular complexity index is 733. The fraction of sp³-hybridized carbons (Fsp3) is 0.500. The van der Waals surface area contributed by atoms with Crippen LogP contribution in [0.1, 0.15) is 12.5 Å². The number of morpholine rings is 1. The number of hydrogen-bond acceptors (Lipinski definition) is 5. The maximum atomic E-state index is 13.0. The molecule has 3 heterocycles. The maximum absolute atomic E-state index is 13.0. The Morgan fingerprint density at radius 2 is 2.24 bits per heavy atom.